The monoisotopic (exact) mass is 310 g/mol. The molecule has 1 aliphatic carbocycles. The Morgan fingerprint density at radius 2 is 2.09 bits per heavy atom. The number of carboxylic acids is 1. The van der Waals surface area contributed by atoms with E-state index in [1.54, 1.807) is 31.4 Å². The van der Waals surface area contributed by atoms with E-state index in [0.717, 1.165) is 30.0 Å². The number of carbonyl (C=O) groups is 1. The molecule has 0 aliphatic heterocycles. The highest BCUT2D eigenvalue weighted by atomic mass is 16.5. The van der Waals surface area contributed by atoms with Gasteiger partial charge in [0.15, 0.2) is 0 Å². The normalized spacial score (nSPS) is 14.2. The predicted octanol–water partition coefficient (Wildman–Crippen LogP) is 3.15. The van der Waals surface area contributed by atoms with E-state index in [1.165, 1.54) is 5.56 Å². The molecule has 0 bridgehead atoms. The molecule has 1 aliphatic rings. The Morgan fingerprint density at radius 3 is 2.78 bits per heavy atom. The molecule has 3 rings (SSSR count). The van der Waals surface area contributed by atoms with Crippen LogP contribution in [0.3, 0.4) is 0 Å². The fourth-order valence-corrected chi connectivity index (χ4v) is 2.57. The van der Waals surface area contributed by atoms with Crippen molar-refractivity contribution in [2.24, 2.45) is 0 Å². The summed E-state index contributed by atoms with van der Waals surface area (Å²) in [5.41, 5.74) is 3.34. The van der Waals surface area contributed by atoms with Gasteiger partial charge in [0.2, 0.25) is 0 Å². The molecule has 0 amide bonds. The fraction of sp³-hybridized carbons (Fsp3) is 0.222. The molecule has 0 atom stereocenters. The van der Waals surface area contributed by atoms with E-state index in [4.69, 9.17) is 9.84 Å². The van der Waals surface area contributed by atoms with Gasteiger partial charge in [0.25, 0.3) is 0 Å². The maximum absolute atomic E-state index is 10.9. The van der Waals surface area contributed by atoms with E-state index in [1.807, 2.05) is 23.0 Å². The SMILES string of the molecule is COC1=CCc2nn(-c3ccc(C(=O)O)cc3)cc2CCC=C1. The number of hydrogen-bond acceptors (Lipinski definition) is 3. The zero-order valence-corrected chi connectivity index (χ0v) is 12.9. The minimum atomic E-state index is -0.926. The van der Waals surface area contributed by atoms with E-state index in [-0.39, 0.29) is 5.56 Å². The molecule has 0 saturated carbocycles. The van der Waals surface area contributed by atoms with Crippen molar-refractivity contribution in [3.63, 3.8) is 0 Å². The van der Waals surface area contributed by atoms with Crippen LogP contribution < -0.4 is 0 Å². The number of benzene rings is 1. The largest absolute Gasteiger partial charge is 0.497 e. The minimum Gasteiger partial charge on any atom is -0.497 e. The van der Waals surface area contributed by atoms with Crippen molar-refractivity contribution in [1.82, 2.24) is 9.78 Å². The molecule has 1 heterocycles. The average Bonchev–Trinajstić information content (AvgIpc) is 2.99. The summed E-state index contributed by atoms with van der Waals surface area (Å²) in [6, 6.07) is 6.72. The number of aromatic nitrogens is 2. The van der Waals surface area contributed by atoms with Crippen LogP contribution in [-0.2, 0) is 17.6 Å². The highest BCUT2D eigenvalue weighted by Gasteiger charge is 2.11. The summed E-state index contributed by atoms with van der Waals surface area (Å²) < 4.78 is 7.12. The smallest absolute Gasteiger partial charge is 0.335 e. The van der Waals surface area contributed by atoms with Gasteiger partial charge in [-0.15, -0.1) is 0 Å². The summed E-state index contributed by atoms with van der Waals surface area (Å²) in [6.45, 7) is 0. The van der Waals surface area contributed by atoms with Crippen molar-refractivity contribution in [2.45, 2.75) is 19.3 Å². The first-order valence-electron chi connectivity index (χ1n) is 7.49. The molecule has 118 valence electrons. The zero-order chi connectivity index (χ0) is 16.2. The van der Waals surface area contributed by atoms with E-state index in [9.17, 15) is 4.79 Å². The molecular formula is C18H18N2O3. The lowest BCUT2D eigenvalue weighted by Crippen LogP contribution is -1.99. The van der Waals surface area contributed by atoms with Crippen molar-refractivity contribution in [1.29, 1.82) is 0 Å². The quantitative estimate of drug-likeness (QED) is 0.946. The summed E-state index contributed by atoms with van der Waals surface area (Å²) >= 11 is 0. The third-order valence-electron chi connectivity index (χ3n) is 3.85. The lowest BCUT2D eigenvalue weighted by Gasteiger charge is -2.02. The number of rotatable bonds is 3. The fourth-order valence-electron chi connectivity index (χ4n) is 2.57. The van der Waals surface area contributed by atoms with Crippen molar-refractivity contribution in [2.75, 3.05) is 7.11 Å². The number of methoxy groups -OCH3 is 1. The molecule has 0 saturated heterocycles. The van der Waals surface area contributed by atoms with Crippen LogP contribution in [0.4, 0.5) is 0 Å². The summed E-state index contributed by atoms with van der Waals surface area (Å²) in [4.78, 5) is 10.9. The molecule has 1 aromatic heterocycles. The summed E-state index contributed by atoms with van der Waals surface area (Å²) in [6.07, 6.45) is 10.7. The molecule has 0 fully saturated rings. The van der Waals surface area contributed by atoms with Gasteiger partial charge in [-0.05, 0) is 54.8 Å². The Bertz CT molecular complexity index is 770. The van der Waals surface area contributed by atoms with Crippen LogP contribution in [0.2, 0.25) is 0 Å². The lowest BCUT2D eigenvalue weighted by atomic mass is 10.1. The Balaban J connectivity index is 1.90. The highest BCUT2D eigenvalue weighted by Crippen LogP contribution is 2.18. The Hall–Kier alpha value is -2.82. The first-order valence-corrected chi connectivity index (χ1v) is 7.49. The second-order valence-electron chi connectivity index (χ2n) is 5.35. The van der Waals surface area contributed by atoms with E-state index >= 15 is 0 Å². The molecule has 0 radical (unpaired) electrons. The van der Waals surface area contributed by atoms with Gasteiger partial charge in [0.05, 0.1) is 24.1 Å². The molecule has 23 heavy (non-hydrogen) atoms. The van der Waals surface area contributed by atoms with Gasteiger partial charge in [-0.1, -0.05) is 6.08 Å². The van der Waals surface area contributed by atoms with E-state index < -0.39 is 5.97 Å². The topological polar surface area (TPSA) is 64.4 Å². The van der Waals surface area contributed by atoms with Crippen LogP contribution in [0.5, 0.6) is 0 Å². The van der Waals surface area contributed by atoms with Crippen molar-refractivity contribution in [3.05, 3.63) is 71.3 Å². The Morgan fingerprint density at radius 1 is 1.30 bits per heavy atom. The van der Waals surface area contributed by atoms with E-state index in [2.05, 4.69) is 11.2 Å². The second-order valence-corrected chi connectivity index (χ2v) is 5.35. The minimum absolute atomic E-state index is 0.272. The van der Waals surface area contributed by atoms with Crippen molar-refractivity contribution >= 4 is 5.97 Å². The third kappa shape index (κ3) is 3.34. The number of aromatic carboxylic acids is 1. The lowest BCUT2D eigenvalue weighted by molar-refractivity contribution is 0.0697. The maximum atomic E-state index is 10.9. The molecule has 5 nitrogen and oxygen atoms in total. The van der Waals surface area contributed by atoms with Gasteiger partial charge in [-0.25, -0.2) is 9.48 Å². The molecule has 1 aromatic carbocycles. The van der Waals surface area contributed by atoms with E-state index in [0.29, 0.717) is 6.42 Å². The number of fused-ring (bicyclic) bond motifs is 1. The highest BCUT2D eigenvalue weighted by molar-refractivity contribution is 5.87. The summed E-state index contributed by atoms with van der Waals surface area (Å²) in [7, 11) is 1.66. The average molecular weight is 310 g/mol. The zero-order valence-electron chi connectivity index (χ0n) is 12.9. The molecule has 0 unspecified atom stereocenters. The van der Waals surface area contributed by atoms with Crippen LogP contribution in [0.15, 0.2) is 54.4 Å². The summed E-state index contributed by atoms with van der Waals surface area (Å²) in [5.74, 6) is -0.0808. The Kier molecular flexibility index (Phi) is 4.28. The summed E-state index contributed by atoms with van der Waals surface area (Å²) in [5, 5.41) is 13.6. The van der Waals surface area contributed by atoms with Crippen LogP contribution >= 0.6 is 0 Å². The van der Waals surface area contributed by atoms with Crippen LogP contribution in [0.1, 0.15) is 28.0 Å². The first kappa shape index (κ1) is 15.1. The number of allylic oxidation sites excluding steroid dienone is 3. The standard InChI is InChI=1S/C18H18N2O3/c1-23-16-5-3-2-4-14-12-20(19-17(14)11-10-16)15-8-6-13(7-9-15)18(21)22/h3,5-10,12H,2,4,11H2,1H3,(H,21,22). The van der Waals surface area contributed by atoms with Crippen LogP contribution in [0, 0.1) is 0 Å². The van der Waals surface area contributed by atoms with Crippen molar-refractivity contribution < 1.29 is 14.6 Å². The second kappa shape index (κ2) is 6.52. The van der Waals surface area contributed by atoms with Gasteiger partial charge >= 0.3 is 5.97 Å². The van der Waals surface area contributed by atoms with Crippen LogP contribution in [-0.4, -0.2) is 28.0 Å². The Labute approximate surface area is 134 Å². The number of nitrogens with zero attached hydrogens (tertiary/aromatic N) is 2. The molecule has 5 heteroatoms. The first-order chi connectivity index (χ1) is 11.2. The third-order valence-corrected chi connectivity index (χ3v) is 3.85. The number of aryl methyl sites for hydroxylation is 1. The molecule has 1 N–H and O–H groups in total. The van der Waals surface area contributed by atoms with Gasteiger partial charge in [0, 0.05) is 12.6 Å². The van der Waals surface area contributed by atoms with Gasteiger partial charge in [-0.3, -0.25) is 0 Å². The van der Waals surface area contributed by atoms with Crippen molar-refractivity contribution in [3.8, 4) is 5.69 Å². The number of hydrogen-bond donors (Lipinski definition) is 1. The molecular weight excluding hydrogens is 292 g/mol. The number of ether oxygens (including phenoxy) is 1. The molecule has 2 aromatic rings. The number of carboxylic acid groups (broad SMARTS) is 1. The van der Waals surface area contributed by atoms with Gasteiger partial charge < -0.3 is 9.84 Å². The maximum Gasteiger partial charge on any atom is 0.335 e. The van der Waals surface area contributed by atoms with Gasteiger partial charge in [-0.2, -0.15) is 5.10 Å². The molecule has 0 spiro atoms. The van der Waals surface area contributed by atoms with Crippen LogP contribution in [0.25, 0.3) is 5.69 Å². The van der Waals surface area contributed by atoms with Gasteiger partial charge in [0.1, 0.15) is 5.76 Å². The predicted molar refractivity (Wildman–Crippen MR) is 86.8 cm³/mol.